The smallest absolute Gasteiger partial charge is 0.119 e. The van der Waals surface area contributed by atoms with Crippen LogP contribution in [0.3, 0.4) is 0 Å². The highest BCUT2D eigenvalue weighted by molar-refractivity contribution is 5.32. The van der Waals surface area contributed by atoms with Gasteiger partial charge in [0.2, 0.25) is 0 Å². The van der Waals surface area contributed by atoms with E-state index in [1.807, 2.05) is 6.07 Å². The highest BCUT2D eigenvalue weighted by Gasteiger charge is 2.32. The number of ether oxygens (including phenoxy) is 1. The number of nitrogens with zero attached hydrogens (tertiary/aromatic N) is 1. The van der Waals surface area contributed by atoms with Crippen LogP contribution < -0.4 is 10.5 Å². The van der Waals surface area contributed by atoms with E-state index in [1.54, 1.807) is 0 Å². The van der Waals surface area contributed by atoms with E-state index in [9.17, 15) is 0 Å². The molecular weight excluding hydrogens is 236 g/mol. The van der Waals surface area contributed by atoms with Crippen molar-refractivity contribution in [2.45, 2.75) is 45.2 Å². The van der Waals surface area contributed by atoms with Crippen molar-refractivity contribution in [3.63, 3.8) is 0 Å². The van der Waals surface area contributed by atoms with E-state index in [1.165, 1.54) is 12.0 Å². The number of hydrogen-bond donors (Lipinski definition) is 1. The van der Waals surface area contributed by atoms with E-state index in [4.69, 9.17) is 10.5 Å². The molecule has 3 nitrogen and oxygen atoms in total. The van der Waals surface area contributed by atoms with Gasteiger partial charge in [0.05, 0.1) is 12.6 Å². The molecule has 0 aliphatic carbocycles. The maximum absolute atomic E-state index is 6.30. The molecule has 0 amide bonds. The molecule has 19 heavy (non-hydrogen) atoms. The molecule has 1 aromatic rings. The molecule has 2 atom stereocenters. The van der Waals surface area contributed by atoms with Gasteiger partial charge in [0, 0.05) is 12.6 Å². The highest BCUT2D eigenvalue weighted by Crippen LogP contribution is 2.32. The molecule has 2 N–H and O–H groups in total. The van der Waals surface area contributed by atoms with Gasteiger partial charge in [-0.25, -0.2) is 0 Å². The summed E-state index contributed by atoms with van der Waals surface area (Å²) in [6.45, 7) is 7.36. The summed E-state index contributed by atoms with van der Waals surface area (Å²) < 4.78 is 5.73. The van der Waals surface area contributed by atoms with Gasteiger partial charge in [-0.05, 0) is 43.5 Å². The van der Waals surface area contributed by atoms with Gasteiger partial charge in [-0.2, -0.15) is 0 Å². The Morgan fingerprint density at radius 1 is 1.32 bits per heavy atom. The maximum Gasteiger partial charge on any atom is 0.119 e. The Kier molecular flexibility index (Phi) is 5.23. The molecule has 2 unspecified atom stereocenters. The van der Waals surface area contributed by atoms with E-state index in [-0.39, 0.29) is 6.04 Å². The third kappa shape index (κ3) is 3.48. The van der Waals surface area contributed by atoms with Crippen LogP contribution in [-0.2, 0) is 0 Å². The van der Waals surface area contributed by atoms with Crippen molar-refractivity contribution in [3.8, 4) is 5.75 Å². The van der Waals surface area contributed by atoms with Gasteiger partial charge < -0.3 is 10.5 Å². The Hall–Kier alpha value is -1.06. The second kappa shape index (κ2) is 6.92. The summed E-state index contributed by atoms with van der Waals surface area (Å²) in [7, 11) is 0. The van der Waals surface area contributed by atoms with Crippen molar-refractivity contribution in [2.24, 2.45) is 5.73 Å². The molecular formula is C16H26N2O. The number of nitrogens with two attached hydrogens (primary N) is 1. The summed E-state index contributed by atoms with van der Waals surface area (Å²) >= 11 is 0. The van der Waals surface area contributed by atoms with E-state index >= 15 is 0 Å². The number of hydrogen-bond acceptors (Lipinski definition) is 3. The highest BCUT2D eigenvalue weighted by atomic mass is 16.5. The predicted molar refractivity (Wildman–Crippen MR) is 79.4 cm³/mol. The topological polar surface area (TPSA) is 38.5 Å². The Bertz CT molecular complexity index is 392. The number of benzene rings is 1. The Balaban J connectivity index is 2.14. The molecule has 106 valence electrons. The van der Waals surface area contributed by atoms with Crippen molar-refractivity contribution in [1.29, 1.82) is 0 Å². The quantitative estimate of drug-likeness (QED) is 0.856. The van der Waals surface area contributed by atoms with Gasteiger partial charge in [0.1, 0.15) is 5.75 Å². The number of rotatable bonds is 6. The molecule has 1 fully saturated rings. The summed E-state index contributed by atoms with van der Waals surface area (Å²) in [4.78, 5) is 2.50. The molecule has 0 spiro atoms. The Morgan fingerprint density at radius 2 is 2.16 bits per heavy atom. The average molecular weight is 262 g/mol. The van der Waals surface area contributed by atoms with Gasteiger partial charge in [0.25, 0.3) is 0 Å². The fourth-order valence-electron chi connectivity index (χ4n) is 2.89. The van der Waals surface area contributed by atoms with Crippen LogP contribution in [-0.4, -0.2) is 30.6 Å². The van der Waals surface area contributed by atoms with Gasteiger partial charge in [-0.3, -0.25) is 4.90 Å². The predicted octanol–water partition coefficient (Wildman–Crippen LogP) is 2.96. The zero-order valence-corrected chi connectivity index (χ0v) is 12.1. The van der Waals surface area contributed by atoms with E-state index in [0.717, 1.165) is 38.3 Å². The zero-order chi connectivity index (χ0) is 13.7. The Morgan fingerprint density at radius 3 is 2.89 bits per heavy atom. The van der Waals surface area contributed by atoms with E-state index < -0.39 is 0 Å². The van der Waals surface area contributed by atoms with Gasteiger partial charge >= 0.3 is 0 Å². The van der Waals surface area contributed by atoms with Crippen LogP contribution in [0.1, 0.15) is 44.7 Å². The SMILES string of the molecule is CCCOc1cccc(C2C(N)CCN2CCC)c1. The molecule has 0 bridgehead atoms. The lowest BCUT2D eigenvalue weighted by molar-refractivity contribution is 0.247. The summed E-state index contributed by atoms with van der Waals surface area (Å²) in [5.74, 6) is 0.967. The molecule has 1 aliphatic heterocycles. The normalized spacial score (nSPS) is 23.7. The van der Waals surface area contributed by atoms with Crippen molar-refractivity contribution < 1.29 is 4.74 Å². The van der Waals surface area contributed by atoms with Crippen LogP contribution in [0.5, 0.6) is 5.75 Å². The maximum atomic E-state index is 6.30. The second-order valence-corrected chi connectivity index (χ2v) is 5.35. The first kappa shape index (κ1) is 14.4. The average Bonchev–Trinajstić information content (AvgIpc) is 2.78. The van der Waals surface area contributed by atoms with Crippen LogP contribution in [0.15, 0.2) is 24.3 Å². The second-order valence-electron chi connectivity index (χ2n) is 5.35. The summed E-state index contributed by atoms with van der Waals surface area (Å²) in [5.41, 5.74) is 7.60. The van der Waals surface area contributed by atoms with E-state index in [2.05, 4.69) is 36.9 Å². The minimum Gasteiger partial charge on any atom is -0.494 e. The van der Waals surface area contributed by atoms with Crippen LogP contribution in [0, 0.1) is 0 Å². The van der Waals surface area contributed by atoms with Gasteiger partial charge in [0.15, 0.2) is 0 Å². The third-order valence-corrected chi connectivity index (χ3v) is 3.73. The van der Waals surface area contributed by atoms with Gasteiger partial charge in [-0.1, -0.05) is 26.0 Å². The molecule has 0 aromatic heterocycles. The van der Waals surface area contributed by atoms with Gasteiger partial charge in [-0.15, -0.1) is 0 Å². The summed E-state index contributed by atoms with van der Waals surface area (Å²) in [6.07, 6.45) is 3.30. The van der Waals surface area contributed by atoms with Crippen LogP contribution in [0.25, 0.3) is 0 Å². The largest absolute Gasteiger partial charge is 0.494 e. The van der Waals surface area contributed by atoms with Crippen molar-refractivity contribution in [1.82, 2.24) is 4.90 Å². The first-order valence-electron chi connectivity index (χ1n) is 7.48. The lowest BCUT2D eigenvalue weighted by Crippen LogP contribution is -2.32. The summed E-state index contributed by atoms with van der Waals surface area (Å²) in [5, 5.41) is 0. The first-order chi connectivity index (χ1) is 9.26. The van der Waals surface area contributed by atoms with Crippen LogP contribution >= 0.6 is 0 Å². The molecule has 1 heterocycles. The Labute approximate surface area is 116 Å². The fraction of sp³-hybridized carbons (Fsp3) is 0.625. The molecule has 1 aliphatic rings. The first-order valence-corrected chi connectivity index (χ1v) is 7.48. The van der Waals surface area contributed by atoms with Crippen molar-refractivity contribution in [3.05, 3.63) is 29.8 Å². The van der Waals surface area contributed by atoms with Crippen LogP contribution in [0.2, 0.25) is 0 Å². The monoisotopic (exact) mass is 262 g/mol. The molecule has 0 radical (unpaired) electrons. The van der Waals surface area contributed by atoms with Crippen molar-refractivity contribution in [2.75, 3.05) is 19.7 Å². The molecule has 1 saturated heterocycles. The molecule has 3 heteroatoms. The third-order valence-electron chi connectivity index (χ3n) is 3.73. The molecule has 1 aromatic carbocycles. The van der Waals surface area contributed by atoms with Crippen molar-refractivity contribution >= 4 is 0 Å². The minimum atomic E-state index is 0.243. The standard InChI is InChI=1S/C16H26N2O/c1-3-9-18-10-8-15(17)16(18)13-6-5-7-14(12-13)19-11-4-2/h5-7,12,15-16H,3-4,8-11,17H2,1-2H3. The van der Waals surface area contributed by atoms with Crippen LogP contribution in [0.4, 0.5) is 0 Å². The van der Waals surface area contributed by atoms with E-state index in [0.29, 0.717) is 6.04 Å². The minimum absolute atomic E-state index is 0.243. The fourth-order valence-corrected chi connectivity index (χ4v) is 2.89. The molecule has 2 rings (SSSR count). The lowest BCUT2D eigenvalue weighted by atomic mass is 10.0. The molecule has 0 saturated carbocycles. The lowest BCUT2D eigenvalue weighted by Gasteiger charge is -2.27. The summed E-state index contributed by atoms with van der Waals surface area (Å²) in [6, 6.07) is 9.04. The number of likely N-dealkylation sites (tertiary alicyclic amines) is 1. The zero-order valence-electron chi connectivity index (χ0n) is 12.1.